The van der Waals surface area contributed by atoms with Gasteiger partial charge >= 0.3 is 0 Å². The van der Waals surface area contributed by atoms with Crippen LogP contribution in [0.25, 0.3) is 10.6 Å². The van der Waals surface area contributed by atoms with Crippen molar-refractivity contribution in [1.29, 1.82) is 0 Å². The molecule has 17 heavy (non-hydrogen) atoms. The van der Waals surface area contributed by atoms with E-state index in [4.69, 9.17) is 0 Å². The van der Waals surface area contributed by atoms with Crippen LogP contribution in [-0.2, 0) is 6.54 Å². The van der Waals surface area contributed by atoms with Crippen molar-refractivity contribution in [3.63, 3.8) is 0 Å². The lowest BCUT2D eigenvalue weighted by Crippen LogP contribution is -2.04. The van der Waals surface area contributed by atoms with Crippen LogP contribution in [0.1, 0.15) is 16.1 Å². The first kappa shape index (κ1) is 12.2. The van der Waals surface area contributed by atoms with Gasteiger partial charge in [-0.15, -0.1) is 11.3 Å². The molecule has 1 aromatic carbocycles. The van der Waals surface area contributed by atoms with E-state index >= 15 is 0 Å². The first-order chi connectivity index (χ1) is 8.11. The number of nitrogens with one attached hydrogen (secondary N) is 1. The third-order valence-corrected chi connectivity index (χ3v) is 3.85. The predicted molar refractivity (Wildman–Crippen MR) is 69.7 cm³/mol. The van der Waals surface area contributed by atoms with Gasteiger partial charge in [0.25, 0.3) is 0 Å². The molecule has 0 spiro atoms. The Morgan fingerprint density at radius 3 is 2.82 bits per heavy atom. The summed E-state index contributed by atoms with van der Waals surface area (Å²) in [5, 5.41) is 4.01. The molecule has 0 aliphatic carbocycles. The van der Waals surface area contributed by atoms with E-state index in [1.807, 2.05) is 20.9 Å². The molecule has 0 amide bonds. The third-order valence-electron chi connectivity index (χ3n) is 2.66. The van der Waals surface area contributed by atoms with E-state index in [0.29, 0.717) is 0 Å². The molecular formula is C13H15FN2S. The van der Waals surface area contributed by atoms with Crippen LogP contribution >= 0.6 is 11.3 Å². The van der Waals surface area contributed by atoms with Gasteiger partial charge in [0.15, 0.2) is 0 Å². The summed E-state index contributed by atoms with van der Waals surface area (Å²) in [5.41, 5.74) is 2.96. The zero-order valence-electron chi connectivity index (χ0n) is 10.2. The maximum absolute atomic E-state index is 13.3. The Morgan fingerprint density at radius 1 is 1.35 bits per heavy atom. The molecule has 0 atom stereocenters. The van der Waals surface area contributed by atoms with Crippen LogP contribution in [0.15, 0.2) is 18.2 Å². The zero-order chi connectivity index (χ0) is 12.4. The highest BCUT2D eigenvalue weighted by molar-refractivity contribution is 7.15. The molecule has 0 radical (unpaired) electrons. The Hall–Kier alpha value is -1.26. The molecule has 0 unspecified atom stereocenters. The number of nitrogens with zero attached hydrogens (tertiary/aromatic N) is 1. The van der Waals surface area contributed by atoms with Crippen molar-refractivity contribution < 1.29 is 4.39 Å². The smallest absolute Gasteiger partial charge is 0.124 e. The maximum Gasteiger partial charge on any atom is 0.124 e. The van der Waals surface area contributed by atoms with E-state index in [9.17, 15) is 4.39 Å². The summed E-state index contributed by atoms with van der Waals surface area (Å²) in [7, 11) is 1.91. The number of halogens is 1. The first-order valence-electron chi connectivity index (χ1n) is 5.49. The van der Waals surface area contributed by atoms with Crippen LogP contribution in [0.4, 0.5) is 4.39 Å². The van der Waals surface area contributed by atoms with Gasteiger partial charge in [-0.1, -0.05) is 6.07 Å². The summed E-state index contributed by atoms with van der Waals surface area (Å²) in [4.78, 5) is 5.71. The Bertz CT molecular complexity index is 534. The van der Waals surface area contributed by atoms with Crippen LogP contribution in [-0.4, -0.2) is 12.0 Å². The fraction of sp³-hybridized carbons (Fsp3) is 0.308. The van der Waals surface area contributed by atoms with Gasteiger partial charge in [-0.3, -0.25) is 0 Å². The summed E-state index contributed by atoms with van der Waals surface area (Å²) in [6.45, 7) is 4.77. The second kappa shape index (κ2) is 4.94. The third kappa shape index (κ3) is 2.53. The Kier molecular flexibility index (Phi) is 3.54. The minimum absolute atomic E-state index is 0.214. The van der Waals surface area contributed by atoms with Crippen molar-refractivity contribution in [2.24, 2.45) is 0 Å². The molecule has 0 fully saturated rings. The number of hydrogen-bond acceptors (Lipinski definition) is 3. The summed E-state index contributed by atoms with van der Waals surface area (Å²) < 4.78 is 13.3. The number of hydrogen-bond donors (Lipinski definition) is 1. The molecule has 2 rings (SSSR count). The number of benzene rings is 1. The van der Waals surface area contributed by atoms with Crippen molar-refractivity contribution in [1.82, 2.24) is 10.3 Å². The maximum atomic E-state index is 13.3. The molecule has 90 valence electrons. The van der Waals surface area contributed by atoms with Crippen molar-refractivity contribution in [2.75, 3.05) is 7.05 Å². The second-order valence-electron chi connectivity index (χ2n) is 4.02. The fourth-order valence-corrected chi connectivity index (χ4v) is 2.85. The number of aryl methyl sites for hydroxylation is 2. The van der Waals surface area contributed by atoms with Crippen LogP contribution in [0.2, 0.25) is 0 Å². The van der Waals surface area contributed by atoms with Crippen molar-refractivity contribution in [3.8, 4) is 10.6 Å². The van der Waals surface area contributed by atoms with Crippen molar-refractivity contribution in [3.05, 3.63) is 40.2 Å². The molecule has 1 heterocycles. The lowest BCUT2D eigenvalue weighted by atomic mass is 10.1. The Labute approximate surface area is 105 Å². The van der Waals surface area contributed by atoms with Crippen LogP contribution in [0.3, 0.4) is 0 Å². The SMILES string of the molecule is CNCc1sc(-c2cc(F)ccc2C)nc1C. The van der Waals surface area contributed by atoms with Crippen LogP contribution < -0.4 is 5.32 Å². The van der Waals surface area contributed by atoms with E-state index in [1.165, 1.54) is 10.9 Å². The van der Waals surface area contributed by atoms with Gasteiger partial charge in [-0.2, -0.15) is 0 Å². The first-order valence-corrected chi connectivity index (χ1v) is 6.31. The number of thiazole rings is 1. The van der Waals surface area contributed by atoms with Gasteiger partial charge in [0, 0.05) is 17.0 Å². The minimum Gasteiger partial charge on any atom is -0.315 e. The average molecular weight is 250 g/mol. The van der Waals surface area contributed by atoms with E-state index in [0.717, 1.165) is 28.4 Å². The summed E-state index contributed by atoms with van der Waals surface area (Å²) in [5.74, 6) is -0.214. The summed E-state index contributed by atoms with van der Waals surface area (Å²) in [6.07, 6.45) is 0. The molecule has 0 saturated carbocycles. The van der Waals surface area contributed by atoms with Crippen molar-refractivity contribution >= 4 is 11.3 Å². The number of rotatable bonds is 3. The van der Waals surface area contributed by atoms with Gasteiger partial charge < -0.3 is 5.32 Å². The zero-order valence-corrected chi connectivity index (χ0v) is 11.0. The normalized spacial score (nSPS) is 10.8. The Balaban J connectivity index is 2.45. The molecule has 1 aromatic heterocycles. The van der Waals surface area contributed by atoms with Gasteiger partial charge in [0.05, 0.1) is 5.69 Å². The molecule has 0 saturated heterocycles. The highest BCUT2D eigenvalue weighted by Gasteiger charge is 2.11. The molecule has 0 bridgehead atoms. The second-order valence-corrected chi connectivity index (χ2v) is 5.10. The van der Waals surface area contributed by atoms with Gasteiger partial charge in [0.2, 0.25) is 0 Å². The minimum atomic E-state index is -0.214. The van der Waals surface area contributed by atoms with Gasteiger partial charge in [-0.05, 0) is 38.6 Å². The average Bonchev–Trinajstić information content (AvgIpc) is 2.64. The fourth-order valence-electron chi connectivity index (χ4n) is 1.69. The largest absolute Gasteiger partial charge is 0.315 e. The van der Waals surface area contributed by atoms with Crippen LogP contribution in [0, 0.1) is 19.7 Å². The topological polar surface area (TPSA) is 24.9 Å². The molecule has 1 N–H and O–H groups in total. The standard InChI is InChI=1S/C13H15FN2S/c1-8-4-5-10(14)6-11(8)13-16-9(2)12(17-13)7-15-3/h4-6,15H,7H2,1-3H3. The van der Waals surface area contributed by atoms with Gasteiger partial charge in [0.1, 0.15) is 10.8 Å². The van der Waals surface area contributed by atoms with E-state index in [1.54, 1.807) is 23.5 Å². The van der Waals surface area contributed by atoms with Gasteiger partial charge in [-0.25, -0.2) is 9.37 Å². The van der Waals surface area contributed by atoms with E-state index in [2.05, 4.69) is 10.3 Å². The lowest BCUT2D eigenvalue weighted by molar-refractivity contribution is 0.628. The summed E-state index contributed by atoms with van der Waals surface area (Å²) >= 11 is 1.62. The monoisotopic (exact) mass is 250 g/mol. The highest BCUT2D eigenvalue weighted by atomic mass is 32.1. The Morgan fingerprint density at radius 2 is 2.12 bits per heavy atom. The predicted octanol–water partition coefficient (Wildman–Crippen LogP) is 3.29. The molecule has 2 nitrogen and oxygen atoms in total. The molecule has 0 aliphatic rings. The highest BCUT2D eigenvalue weighted by Crippen LogP contribution is 2.30. The van der Waals surface area contributed by atoms with E-state index < -0.39 is 0 Å². The molecular weight excluding hydrogens is 235 g/mol. The summed E-state index contributed by atoms with van der Waals surface area (Å²) in [6, 6.07) is 4.82. The molecule has 0 aliphatic heterocycles. The van der Waals surface area contributed by atoms with E-state index in [-0.39, 0.29) is 5.82 Å². The molecule has 2 aromatic rings. The van der Waals surface area contributed by atoms with Crippen LogP contribution in [0.5, 0.6) is 0 Å². The quantitative estimate of drug-likeness (QED) is 0.904. The number of aromatic nitrogens is 1. The molecule has 4 heteroatoms. The lowest BCUT2D eigenvalue weighted by Gasteiger charge is -2.01. The van der Waals surface area contributed by atoms with Crippen molar-refractivity contribution in [2.45, 2.75) is 20.4 Å².